The van der Waals surface area contributed by atoms with E-state index in [-0.39, 0.29) is 16.8 Å². The maximum Gasteiger partial charge on any atom is 0.306 e. The molecule has 0 bridgehead atoms. The van der Waals surface area contributed by atoms with Gasteiger partial charge in [-0.2, -0.15) is 0 Å². The van der Waals surface area contributed by atoms with Crippen molar-refractivity contribution in [3.8, 4) is 11.5 Å². The Labute approximate surface area is 183 Å². The molecule has 2 fully saturated rings. The zero-order valence-electron chi connectivity index (χ0n) is 18.2. The smallest absolute Gasteiger partial charge is 0.306 e. The number of hydrogen-bond donors (Lipinski definition) is 0. The summed E-state index contributed by atoms with van der Waals surface area (Å²) in [5, 5.41) is 0. The van der Waals surface area contributed by atoms with Gasteiger partial charge >= 0.3 is 5.97 Å². The monoisotopic (exact) mass is 426 g/mol. The number of para-hydroxylation sites is 1. The Hall–Kier alpha value is -2.57. The normalized spacial score (nSPS) is 18.4. The second-order valence-electron chi connectivity index (χ2n) is 8.61. The van der Waals surface area contributed by atoms with Crippen LogP contribution in [0.15, 0.2) is 48.5 Å². The zero-order valence-corrected chi connectivity index (χ0v) is 18.2. The Kier molecular flexibility index (Phi) is 6.49. The lowest BCUT2D eigenvalue weighted by Gasteiger charge is -2.41. The standard InChI is InChI=1S/C25H30O6/c1-3-29-23(26)12-25(17-28-18-25)20-8-10-21(11-9-20)30-15-24(13-27-14-24)16-31-22-7-5-4-6-19(22)2/h4-11H,3,12-18H2,1-2H3. The Morgan fingerprint density at radius 2 is 1.61 bits per heavy atom. The molecule has 166 valence electrons. The van der Waals surface area contributed by atoms with E-state index < -0.39 is 0 Å². The molecule has 6 nitrogen and oxygen atoms in total. The molecule has 2 aromatic rings. The molecule has 0 radical (unpaired) electrons. The van der Waals surface area contributed by atoms with Crippen LogP contribution >= 0.6 is 0 Å². The fraction of sp³-hybridized carbons (Fsp3) is 0.480. The maximum absolute atomic E-state index is 12.0. The van der Waals surface area contributed by atoms with E-state index in [0.717, 1.165) is 22.6 Å². The van der Waals surface area contributed by atoms with E-state index in [0.29, 0.717) is 52.7 Å². The van der Waals surface area contributed by atoms with Crippen LogP contribution in [0.25, 0.3) is 0 Å². The topological polar surface area (TPSA) is 63.2 Å². The summed E-state index contributed by atoms with van der Waals surface area (Å²) in [6, 6.07) is 16.0. The summed E-state index contributed by atoms with van der Waals surface area (Å²) in [6.07, 6.45) is 0.331. The predicted octanol–water partition coefficient (Wildman–Crippen LogP) is 3.69. The summed E-state index contributed by atoms with van der Waals surface area (Å²) in [4.78, 5) is 12.0. The Balaban J connectivity index is 1.34. The summed E-state index contributed by atoms with van der Waals surface area (Å²) in [5.41, 5.74) is 1.75. The molecule has 2 heterocycles. The van der Waals surface area contributed by atoms with Gasteiger partial charge in [-0.1, -0.05) is 30.3 Å². The summed E-state index contributed by atoms with van der Waals surface area (Å²) in [6.45, 7) is 7.63. The molecular formula is C25H30O6. The van der Waals surface area contributed by atoms with Crippen LogP contribution in [-0.2, 0) is 24.4 Å². The number of esters is 1. The Bertz CT molecular complexity index is 883. The van der Waals surface area contributed by atoms with Crippen molar-refractivity contribution in [1.82, 2.24) is 0 Å². The number of carbonyl (C=O) groups is 1. The van der Waals surface area contributed by atoms with Crippen LogP contribution in [0.2, 0.25) is 0 Å². The first-order valence-corrected chi connectivity index (χ1v) is 10.8. The van der Waals surface area contributed by atoms with Gasteiger partial charge in [0.15, 0.2) is 0 Å². The Morgan fingerprint density at radius 3 is 2.19 bits per heavy atom. The highest BCUT2D eigenvalue weighted by molar-refractivity contribution is 5.72. The molecule has 0 spiro atoms. The SMILES string of the molecule is CCOC(=O)CC1(c2ccc(OCC3(COc4ccccc4C)COC3)cc2)COC1. The highest BCUT2D eigenvalue weighted by Crippen LogP contribution is 2.37. The number of aryl methyl sites for hydroxylation is 1. The second kappa shape index (κ2) is 9.28. The lowest BCUT2D eigenvalue weighted by atomic mass is 9.76. The van der Waals surface area contributed by atoms with Gasteiger partial charge in [-0.3, -0.25) is 4.79 Å². The van der Waals surface area contributed by atoms with E-state index in [2.05, 4.69) is 0 Å². The van der Waals surface area contributed by atoms with Crippen molar-refractivity contribution in [2.75, 3.05) is 46.2 Å². The van der Waals surface area contributed by atoms with Gasteiger partial charge in [0.25, 0.3) is 0 Å². The summed E-state index contributed by atoms with van der Waals surface area (Å²) in [7, 11) is 0. The molecule has 0 N–H and O–H groups in total. The highest BCUT2D eigenvalue weighted by atomic mass is 16.5. The lowest BCUT2D eigenvalue weighted by Crippen LogP contribution is -2.51. The molecule has 31 heavy (non-hydrogen) atoms. The van der Waals surface area contributed by atoms with Crippen molar-refractivity contribution in [3.63, 3.8) is 0 Å². The third-order valence-corrected chi connectivity index (χ3v) is 6.00. The van der Waals surface area contributed by atoms with Crippen LogP contribution in [0.1, 0.15) is 24.5 Å². The molecule has 0 unspecified atom stereocenters. The van der Waals surface area contributed by atoms with Crippen molar-refractivity contribution in [1.29, 1.82) is 0 Å². The van der Waals surface area contributed by atoms with Crippen molar-refractivity contribution in [3.05, 3.63) is 59.7 Å². The van der Waals surface area contributed by atoms with Crippen LogP contribution in [0.3, 0.4) is 0 Å². The summed E-state index contributed by atoms with van der Waals surface area (Å²) >= 11 is 0. The fourth-order valence-electron chi connectivity index (χ4n) is 3.90. The largest absolute Gasteiger partial charge is 0.493 e. The quantitative estimate of drug-likeness (QED) is 0.540. The Morgan fingerprint density at radius 1 is 0.935 bits per heavy atom. The first kappa shape index (κ1) is 21.7. The zero-order chi connectivity index (χ0) is 21.7. The fourth-order valence-corrected chi connectivity index (χ4v) is 3.90. The average Bonchev–Trinajstić information content (AvgIpc) is 2.71. The van der Waals surface area contributed by atoms with Crippen LogP contribution in [-0.4, -0.2) is 52.2 Å². The molecule has 2 saturated heterocycles. The predicted molar refractivity (Wildman–Crippen MR) is 116 cm³/mol. The van der Waals surface area contributed by atoms with E-state index in [1.54, 1.807) is 0 Å². The van der Waals surface area contributed by atoms with E-state index in [1.165, 1.54) is 0 Å². The first-order chi connectivity index (χ1) is 15.0. The third-order valence-electron chi connectivity index (χ3n) is 6.00. The number of hydrogen-bond acceptors (Lipinski definition) is 6. The number of ether oxygens (including phenoxy) is 5. The van der Waals surface area contributed by atoms with E-state index in [4.69, 9.17) is 23.7 Å². The van der Waals surface area contributed by atoms with E-state index in [1.807, 2.05) is 62.4 Å². The van der Waals surface area contributed by atoms with Gasteiger partial charge in [0.05, 0.1) is 50.3 Å². The highest BCUT2D eigenvalue weighted by Gasteiger charge is 2.43. The molecule has 0 aliphatic carbocycles. The third kappa shape index (κ3) is 4.86. The summed E-state index contributed by atoms with van der Waals surface area (Å²) in [5.74, 6) is 1.50. The number of rotatable bonds is 10. The maximum atomic E-state index is 12.0. The van der Waals surface area contributed by atoms with Crippen LogP contribution in [0.4, 0.5) is 0 Å². The van der Waals surface area contributed by atoms with E-state index >= 15 is 0 Å². The molecule has 0 atom stereocenters. The van der Waals surface area contributed by atoms with Gasteiger partial charge < -0.3 is 23.7 Å². The minimum absolute atomic E-state index is 0.145. The van der Waals surface area contributed by atoms with Crippen LogP contribution in [0, 0.1) is 12.3 Å². The lowest BCUT2D eigenvalue weighted by molar-refractivity contribution is -0.151. The van der Waals surface area contributed by atoms with Gasteiger partial charge in [0.1, 0.15) is 24.7 Å². The van der Waals surface area contributed by atoms with Crippen molar-refractivity contribution >= 4 is 5.97 Å². The van der Waals surface area contributed by atoms with E-state index in [9.17, 15) is 4.79 Å². The summed E-state index contributed by atoms with van der Waals surface area (Å²) < 4.78 is 28.2. The average molecular weight is 427 g/mol. The molecule has 2 aromatic carbocycles. The number of carbonyl (C=O) groups excluding carboxylic acids is 1. The molecular weight excluding hydrogens is 396 g/mol. The molecule has 2 aliphatic heterocycles. The molecule has 0 amide bonds. The van der Waals surface area contributed by atoms with Crippen LogP contribution < -0.4 is 9.47 Å². The van der Waals surface area contributed by atoms with Crippen molar-refractivity contribution in [2.24, 2.45) is 5.41 Å². The van der Waals surface area contributed by atoms with Crippen molar-refractivity contribution in [2.45, 2.75) is 25.7 Å². The number of benzene rings is 2. The molecule has 0 aromatic heterocycles. The van der Waals surface area contributed by atoms with Gasteiger partial charge in [0.2, 0.25) is 0 Å². The molecule has 4 rings (SSSR count). The van der Waals surface area contributed by atoms with Gasteiger partial charge in [-0.15, -0.1) is 0 Å². The second-order valence-corrected chi connectivity index (χ2v) is 8.61. The minimum Gasteiger partial charge on any atom is -0.493 e. The molecule has 6 heteroatoms. The van der Waals surface area contributed by atoms with Crippen LogP contribution in [0.5, 0.6) is 11.5 Å². The molecule has 0 saturated carbocycles. The van der Waals surface area contributed by atoms with Gasteiger partial charge in [0, 0.05) is 0 Å². The van der Waals surface area contributed by atoms with Gasteiger partial charge in [-0.25, -0.2) is 0 Å². The van der Waals surface area contributed by atoms with Gasteiger partial charge in [-0.05, 0) is 43.2 Å². The molecule has 2 aliphatic rings. The first-order valence-electron chi connectivity index (χ1n) is 10.8. The minimum atomic E-state index is -0.296. The van der Waals surface area contributed by atoms with Crippen molar-refractivity contribution < 1.29 is 28.5 Å².